The van der Waals surface area contributed by atoms with Crippen LogP contribution in [0.15, 0.2) is 24.3 Å². The highest BCUT2D eigenvalue weighted by Crippen LogP contribution is 2.11. The summed E-state index contributed by atoms with van der Waals surface area (Å²) in [5.74, 6) is -0.512. The van der Waals surface area contributed by atoms with Crippen molar-refractivity contribution >= 4 is 29.9 Å². The summed E-state index contributed by atoms with van der Waals surface area (Å²) >= 11 is 0. The van der Waals surface area contributed by atoms with Gasteiger partial charge < -0.3 is 21.1 Å². The molecule has 0 aromatic heterocycles. The van der Waals surface area contributed by atoms with E-state index in [1.165, 1.54) is 7.11 Å². The molecule has 0 fully saturated rings. The third-order valence-electron chi connectivity index (χ3n) is 2.61. The molecule has 0 bridgehead atoms. The number of hydrogen-bond acceptors (Lipinski definition) is 4. The largest absolute Gasteiger partial charge is 0.383 e. The van der Waals surface area contributed by atoms with Crippen LogP contribution < -0.4 is 16.4 Å². The van der Waals surface area contributed by atoms with E-state index in [9.17, 15) is 9.59 Å². The molecule has 118 valence electrons. The minimum Gasteiger partial charge on any atom is -0.383 e. The minimum absolute atomic E-state index is 0. The highest BCUT2D eigenvalue weighted by atomic mass is 35.5. The summed E-state index contributed by atoms with van der Waals surface area (Å²) in [7, 11) is 1.48. The highest BCUT2D eigenvalue weighted by molar-refractivity contribution is 5.98. The minimum atomic E-state index is -0.738. The number of nitrogens with one attached hydrogen (secondary N) is 2. The van der Waals surface area contributed by atoms with Crippen molar-refractivity contribution < 1.29 is 14.3 Å². The molecule has 2 amide bonds. The van der Waals surface area contributed by atoms with Gasteiger partial charge in [-0.2, -0.15) is 0 Å². The van der Waals surface area contributed by atoms with E-state index in [2.05, 4.69) is 10.6 Å². The van der Waals surface area contributed by atoms with E-state index < -0.39 is 6.04 Å². The summed E-state index contributed by atoms with van der Waals surface area (Å²) in [5.41, 5.74) is 6.65. The van der Waals surface area contributed by atoms with Crippen molar-refractivity contribution in [3.63, 3.8) is 0 Å². The first kappa shape index (κ1) is 19.4. The molecule has 4 N–H and O–H groups in total. The van der Waals surface area contributed by atoms with Crippen LogP contribution in [0.3, 0.4) is 0 Å². The first-order valence-corrected chi connectivity index (χ1v) is 6.52. The Hall–Kier alpha value is -1.63. The summed E-state index contributed by atoms with van der Waals surface area (Å²) in [6.45, 7) is 2.74. The van der Waals surface area contributed by atoms with E-state index in [0.29, 0.717) is 17.8 Å². The Morgan fingerprint density at radius 2 is 2.10 bits per heavy atom. The van der Waals surface area contributed by atoms with E-state index in [1.54, 1.807) is 24.3 Å². The number of carbonyl (C=O) groups excluding carboxylic acids is 2. The molecule has 1 rings (SSSR count). The topological polar surface area (TPSA) is 93.5 Å². The number of anilines is 1. The van der Waals surface area contributed by atoms with Crippen molar-refractivity contribution in [2.75, 3.05) is 25.6 Å². The van der Waals surface area contributed by atoms with E-state index in [4.69, 9.17) is 10.5 Å². The number of hydrogen-bond donors (Lipinski definition) is 3. The maximum absolute atomic E-state index is 11.8. The quantitative estimate of drug-likeness (QED) is 0.704. The number of rotatable bonds is 7. The molecule has 6 nitrogen and oxygen atoms in total. The van der Waals surface area contributed by atoms with E-state index in [0.717, 1.165) is 6.42 Å². The van der Waals surface area contributed by atoms with Crippen LogP contribution in [0.2, 0.25) is 0 Å². The molecule has 21 heavy (non-hydrogen) atoms. The van der Waals surface area contributed by atoms with Gasteiger partial charge in [0.05, 0.1) is 6.61 Å². The van der Waals surface area contributed by atoms with Crippen molar-refractivity contribution in [2.45, 2.75) is 19.4 Å². The summed E-state index contributed by atoms with van der Waals surface area (Å²) in [6, 6.07) is 5.97. The molecular weight excluding hydrogens is 294 g/mol. The van der Waals surface area contributed by atoms with E-state index in [1.807, 2.05) is 6.92 Å². The van der Waals surface area contributed by atoms with Crippen LogP contribution in [0.5, 0.6) is 0 Å². The van der Waals surface area contributed by atoms with Crippen molar-refractivity contribution in [1.29, 1.82) is 0 Å². The molecule has 7 heteroatoms. The van der Waals surface area contributed by atoms with E-state index in [-0.39, 0.29) is 30.8 Å². The lowest BCUT2D eigenvalue weighted by atomic mass is 10.1. The van der Waals surface area contributed by atoms with Gasteiger partial charge in [-0.05, 0) is 24.6 Å². The molecule has 1 atom stereocenters. The SMILES string of the molecule is CCCNC(=O)c1cccc(NC(=O)C(N)COC)c1.Cl. The second-order valence-electron chi connectivity index (χ2n) is 4.39. The van der Waals surface area contributed by atoms with Gasteiger partial charge in [0.2, 0.25) is 5.91 Å². The number of amides is 2. The molecule has 0 heterocycles. The van der Waals surface area contributed by atoms with Crippen LogP contribution in [0.25, 0.3) is 0 Å². The lowest BCUT2D eigenvalue weighted by Gasteiger charge is -2.12. The Morgan fingerprint density at radius 1 is 1.38 bits per heavy atom. The molecule has 0 saturated carbocycles. The van der Waals surface area contributed by atoms with Crippen molar-refractivity contribution in [3.8, 4) is 0 Å². The van der Waals surface area contributed by atoms with Gasteiger partial charge in [-0.15, -0.1) is 12.4 Å². The molecule has 0 saturated heterocycles. The molecule has 1 aromatic carbocycles. The lowest BCUT2D eigenvalue weighted by Crippen LogP contribution is -2.39. The van der Waals surface area contributed by atoms with Crippen LogP contribution >= 0.6 is 12.4 Å². The normalized spacial score (nSPS) is 11.2. The smallest absolute Gasteiger partial charge is 0.251 e. The molecule has 0 aliphatic carbocycles. The fraction of sp³-hybridized carbons (Fsp3) is 0.429. The molecular formula is C14H22ClN3O3. The van der Waals surface area contributed by atoms with E-state index >= 15 is 0 Å². The predicted octanol–water partition coefficient (Wildman–Crippen LogP) is 1.16. The molecule has 0 spiro atoms. The summed E-state index contributed by atoms with van der Waals surface area (Å²) in [5, 5.41) is 5.43. The van der Waals surface area contributed by atoms with Gasteiger partial charge in [0, 0.05) is 24.9 Å². The van der Waals surface area contributed by atoms with Crippen LogP contribution in [0, 0.1) is 0 Å². The number of halogens is 1. The average Bonchev–Trinajstić information content (AvgIpc) is 2.45. The zero-order valence-electron chi connectivity index (χ0n) is 12.2. The highest BCUT2D eigenvalue weighted by Gasteiger charge is 2.13. The molecule has 0 radical (unpaired) electrons. The molecule has 1 unspecified atom stereocenters. The fourth-order valence-electron chi connectivity index (χ4n) is 1.57. The van der Waals surface area contributed by atoms with Crippen LogP contribution in [0.1, 0.15) is 23.7 Å². The first-order valence-electron chi connectivity index (χ1n) is 6.52. The van der Waals surface area contributed by atoms with Gasteiger partial charge >= 0.3 is 0 Å². The van der Waals surface area contributed by atoms with Gasteiger partial charge in [0.15, 0.2) is 0 Å². The molecule has 1 aromatic rings. The fourth-order valence-corrected chi connectivity index (χ4v) is 1.57. The second-order valence-corrected chi connectivity index (χ2v) is 4.39. The number of nitrogens with two attached hydrogens (primary N) is 1. The Morgan fingerprint density at radius 3 is 2.71 bits per heavy atom. The van der Waals surface area contributed by atoms with Gasteiger partial charge in [0.1, 0.15) is 6.04 Å². The third kappa shape index (κ3) is 6.57. The maximum atomic E-state index is 11.8. The van der Waals surface area contributed by atoms with Gasteiger partial charge in [0.25, 0.3) is 5.91 Å². The lowest BCUT2D eigenvalue weighted by molar-refractivity contribution is -0.118. The van der Waals surface area contributed by atoms with Crippen LogP contribution in [0.4, 0.5) is 5.69 Å². The van der Waals surface area contributed by atoms with Crippen molar-refractivity contribution in [1.82, 2.24) is 5.32 Å². The number of benzene rings is 1. The number of methoxy groups -OCH3 is 1. The van der Waals surface area contributed by atoms with Crippen LogP contribution in [-0.4, -0.2) is 38.1 Å². The summed E-state index contributed by atoms with van der Waals surface area (Å²) < 4.78 is 4.82. The zero-order chi connectivity index (χ0) is 15.0. The first-order chi connectivity index (χ1) is 9.58. The monoisotopic (exact) mass is 315 g/mol. The van der Waals surface area contributed by atoms with Gasteiger partial charge in [-0.1, -0.05) is 13.0 Å². The average molecular weight is 316 g/mol. The molecule has 0 aliphatic heterocycles. The summed E-state index contributed by atoms with van der Waals surface area (Å²) in [4.78, 5) is 23.5. The summed E-state index contributed by atoms with van der Waals surface area (Å²) in [6.07, 6.45) is 0.869. The Labute approximate surface area is 130 Å². The second kappa shape index (κ2) is 10.1. The zero-order valence-corrected chi connectivity index (χ0v) is 13.0. The Bertz CT molecular complexity index is 469. The third-order valence-corrected chi connectivity index (χ3v) is 2.61. The predicted molar refractivity (Wildman–Crippen MR) is 84.8 cm³/mol. The van der Waals surface area contributed by atoms with Crippen molar-refractivity contribution in [3.05, 3.63) is 29.8 Å². The maximum Gasteiger partial charge on any atom is 0.251 e. The molecule has 0 aliphatic rings. The van der Waals surface area contributed by atoms with Crippen molar-refractivity contribution in [2.24, 2.45) is 5.73 Å². The standard InChI is InChI=1S/C14H21N3O3.ClH/c1-3-7-16-13(18)10-5-4-6-11(8-10)17-14(19)12(15)9-20-2;/h4-6,8,12H,3,7,9,15H2,1-2H3,(H,16,18)(H,17,19);1H. The Balaban J connectivity index is 0.00000400. The number of ether oxygens (including phenoxy) is 1. The van der Waals surface area contributed by atoms with Gasteiger partial charge in [-0.25, -0.2) is 0 Å². The Kier molecular flexibility index (Phi) is 9.36. The van der Waals surface area contributed by atoms with Crippen LogP contribution in [-0.2, 0) is 9.53 Å². The van der Waals surface area contributed by atoms with Gasteiger partial charge in [-0.3, -0.25) is 9.59 Å². The number of carbonyl (C=O) groups is 2.